The number of nitrogens with zero attached hydrogens (tertiary/aromatic N) is 2. The molecule has 7 heteroatoms. The molecule has 28 heavy (non-hydrogen) atoms. The summed E-state index contributed by atoms with van der Waals surface area (Å²) in [4.78, 5) is 29.2. The Morgan fingerprint density at radius 3 is 2.61 bits per heavy atom. The molecule has 2 N–H and O–H groups in total. The van der Waals surface area contributed by atoms with Gasteiger partial charge >= 0.3 is 5.97 Å². The van der Waals surface area contributed by atoms with Crippen LogP contribution in [0.15, 0.2) is 10.6 Å². The molecule has 0 aromatic heterocycles. The number of carbonyl (C=O) groups is 2. The standard InChI is InChI=1S/C21H32N2O4S/c1-12-17-16(13(2)24)20(25)23(17)18(21(26)27)19(12)28-15-8-9-22(11-15)10-14-6-4-3-5-7-14/h12-17,24H,3-11H2,1-2H3,(H,26,27)/t12-,13-,15-,16-,17-/m1/s1. The van der Waals surface area contributed by atoms with E-state index >= 15 is 0 Å². The summed E-state index contributed by atoms with van der Waals surface area (Å²) in [6, 6.07) is -0.208. The lowest BCUT2D eigenvalue weighted by molar-refractivity contribution is -0.163. The second-order valence-electron chi connectivity index (χ2n) is 9.06. The first-order valence-corrected chi connectivity index (χ1v) is 11.6. The van der Waals surface area contributed by atoms with Crippen LogP contribution in [-0.2, 0) is 9.59 Å². The van der Waals surface area contributed by atoms with Crippen LogP contribution in [0.2, 0.25) is 0 Å². The van der Waals surface area contributed by atoms with Crippen LogP contribution in [-0.4, -0.2) is 68.9 Å². The van der Waals surface area contributed by atoms with E-state index in [4.69, 9.17) is 0 Å². The van der Waals surface area contributed by atoms with Gasteiger partial charge in [0.15, 0.2) is 0 Å². The number of likely N-dealkylation sites (tertiary alicyclic amines) is 1. The molecule has 156 valence electrons. The molecule has 0 unspecified atom stereocenters. The number of thioether (sulfide) groups is 1. The van der Waals surface area contributed by atoms with Crippen molar-refractivity contribution in [3.05, 3.63) is 10.6 Å². The fourth-order valence-corrected chi connectivity index (χ4v) is 7.17. The normalized spacial score (nSPS) is 35.2. The lowest BCUT2D eigenvalue weighted by atomic mass is 9.79. The van der Waals surface area contributed by atoms with E-state index in [0.717, 1.165) is 30.3 Å². The van der Waals surface area contributed by atoms with Crippen molar-refractivity contribution in [1.29, 1.82) is 0 Å². The summed E-state index contributed by atoms with van der Waals surface area (Å²) in [6.07, 6.45) is 7.12. The summed E-state index contributed by atoms with van der Waals surface area (Å²) >= 11 is 1.67. The summed E-state index contributed by atoms with van der Waals surface area (Å²) < 4.78 is 0. The van der Waals surface area contributed by atoms with E-state index in [9.17, 15) is 19.8 Å². The predicted octanol–water partition coefficient (Wildman–Crippen LogP) is 2.53. The maximum absolute atomic E-state index is 12.5. The van der Waals surface area contributed by atoms with Gasteiger partial charge in [-0.2, -0.15) is 0 Å². The van der Waals surface area contributed by atoms with Gasteiger partial charge in [-0.25, -0.2) is 4.79 Å². The Morgan fingerprint density at radius 2 is 1.96 bits per heavy atom. The van der Waals surface area contributed by atoms with Gasteiger partial charge in [0.1, 0.15) is 5.70 Å². The zero-order chi connectivity index (χ0) is 20.0. The molecular weight excluding hydrogens is 376 g/mol. The van der Waals surface area contributed by atoms with Crippen molar-refractivity contribution in [2.45, 2.75) is 69.8 Å². The summed E-state index contributed by atoms with van der Waals surface area (Å²) in [7, 11) is 0. The Morgan fingerprint density at radius 1 is 1.25 bits per heavy atom. The van der Waals surface area contributed by atoms with E-state index in [-0.39, 0.29) is 23.6 Å². The molecule has 0 aromatic rings. The minimum absolute atomic E-state index is 0.0270. The highest BCUT2D eigenvalue weighted by atomic mass is 32.2. The minimum atomic E-state index is -1.02. The van der Waals surface area contributed by atoms with E-state index in [0.29, 0.717) is 5.25 Å². The fraction of sp³-hybridized carbons (Fsp3) is 0.810. The quantitative estimate of drug-likeness (QED) is 0.658. The molecule has 3 heterocycles. The summed E-state index contributed by atoms with van der Waals surface area (Å²) in [5.74, 6) is -0.950. The molecule has 6 nitrogen and oxygen atoms in total. The van der Waals surface area contributed by atoms with Gasteiger partial charge in [0.2, 0.25) is 5.91 Å². The van der Waals surface area contributed by atoms with Gasteiger partial charge in [0, 0.05) is 29.2 Å². The molecule has 0 radical (unpaired) electrons. The lowest BCUT2D eigenvalue weighted by Crippen LogP contribution is -2.63. The van der Waals surface area contributed by atoms with E-state index in [1.807, 2.05) is 6.92 Å². The Balaban J connectivity index is 1.42. The summed E-state index contributed by atoms with van der Waals surface area (Å²) in [5.41, 5.74) is 0.162. The van der Waals surface area contributed by atoms with E-state index in [1.165, 1.54) is 43.5 Å². The van der Waals surface area contributed by atoms with Crippen LogP contribution in [0, 0.1) is 17.8 Å². The van der Waals surface area contributed by atoms with E-state index in [2.05, 4.69) is 4.90 Å². The maximum atomic E-state index is 12.5. The van der Waals surface area contributed by atoms with Crippen LogP contribution in [0.5, 0.6) is 0 Å². The third kappa shape index (κ3) is 3.50. The lowest BCUT2D eigenvalue weighted by Gasteiger charge is -2.46. The van der Waals surface area contributed by atoms with Crippen molar-refractivity contribution < 1.29 is 19.8 Å². The predicted molar refractivity (Wildman–Crippen MR) is 109 cm³/mol. The smallest absolute Gasteiger partial charge is 0.353 e. The van der Waals surface area contributed by atoms with Gasteiger partial charge < -0.3 is 20.0 Å². The monoisotopic (exact) mass is 408 g/mol. The second-order valence-corrected chi connectivity index (χ2v) is 10.4. The van der Waals surface area contributed by atoms with Crippen molar-refractivity contribution >= 4 is 23.6 Å². The summed E-state index contributed by atoms with van der Waals surface area (Å²) in [6.45, 7) is 6.89. The van der Waals surface area contributed by atoms with Crippen LogP contribution in [0.1, 0.15) is 52.4 Å². The SMILES string of the molecule is C[C@@H](O)[C@H]1C(=O)N2C(C(=O)O)=C(S[C@@H]3CCN(CC4CCCCC4)C3)[C@H](C)[C@H]12. The van der Waals surface area contributed by atoms with E-state index < -0.39 is 18.0 Å². The van der Waals surface area contributed by atoms with Gasteiger partial charge in [-0.1, -0.05) is 26.2 Å². The van der Waals surface area contributed by atoms with Crippen molar-refractivity contribution in [3.63, 3.8) is 0 Å². The van der Waals surface area contributed by atoms with Gasteiger partial charge in [-0.05, 0) is 38.6 Å². The third-order valence-corrected chi connectivity index (χ3v) is 8.61. The number of rotatable bonds is 6. The first-order valence-electron chi connectivity index (χ1n) is 10.8. The number of fused-ring (bicyclic) bond motifs is 1. The van der Waals surface area contributed by atoms with E-state index in [1.54, 1.807) is 18.7 Å². The van der Waals surface area contributed by atoms with Crippen molar-refractivity contribution in [2.24, 2.45) is 17.8 Å². The van der Waals surface area contributed by atoms with Crippen LogP contribution in [0.4, 0.5) is 0 Å². The number of carboxylic acid groups (broad SMARTS) is 1. The molecule has 1 saturated carbocycles. The average Bonchev–Trinajstić information content (AvgIpc) is 3.17. The van der Waals surface area contributed by atoms with Gasteiger partial charge in [0.25, 0.3) is 0 Å². The topological polar surface area (TPSA) is 81.1 Å². The number of carbonyl (C=O) groups excluding carboxylic acids is 1. The molecule has 2 saturated heterocycles. The van der Waals surface area contributed by atoms with Crippen LogP contribution in [0.3, 0.4) is 0 Å². The molecule has 0 bridgehead atoms. The van der Waals surface area contributed by atoms with Crippen molar-refractivity contribution in [3.8, 4) is 0 Å². The number of aliphatic hydroxyl groups is 1. The van der Waals surface area contributed by atoms with Gasteiger partial charge in [-0.3, -0.25) is 4.79 Å². The maximum Gasteiger partial charge on any atom is 0.353 e. The number of hydrogen-bond acceptors (Lipinski definition) is 5. The highest BCUT2D eigenvalue weighted by molar-refractivity contribution is 8.03. The molecule has 4 rings (SSSR count). The van der Waals surface area contributed by atoms with Crippen LogP contribution < -0.4 is 0 Å². The number of β-lactam (4-membered cyclic amide) rings is 1. The molecule has 0 aromatic carbocycles. The molecule has 4 aliphatic rings. The highest BCUT2D eigenvalue weighted by Crippen LogP contribution is 2.51. The molecular formula is C21H32N2O4S. The Hall–Kier alpha value is -1.05. The van der Waals surface area contributed by atoms with Crippen molar-refractivity contribution in [1.82, 2.24) is 9.80 Å². The van der Waals surface area contributed by atoms with Crippen molar-refractivity contribution in [2.75, 3.05) is 19.6 Å². The minimum Gasteiger partial charge on any atom is -0.477 e. The molecule has 0 spiro atoms. The Labute approximate surface area is 171 Å². The Bertz CT molecular complexity index is 673. The fourth-order valence-electron chi connectivity index (χ4n) is 5.65. The molecule has 1 amide bonds. The zero-order valence-electron chi connectivity index (χ0n) is 16.8. The first kappa shape index (κ1) is 20.2. The summed E-state index contributed by atoms with van der Waals surface area (Å²) in [5, 5.41) is 20.1. The largest absolute Gasteiger partial charge is 0.477 e. The Kier molecular flexibility index (Phi) is 5.78. The first-order chi connectivity index (χ1) is 13.4. The molecule has 3 fully saturated rings. The number of carboxylic acids is 1. The average molecular weight is 409 g/mol. The highest BCUT2D eigenvalue weighted by Gasteiger charge is 2.60. The molecule has 3 aliphatic heterocycles. The number of amides is 1. The number of aliphatic hydroxyl groups excluding tert-OH is 1. The van der Waals surface area contributed by atoms with Gasteiger partial charge in [0.05, 0.1) is 18.1 Å². The zero-order valence-corrected chi connectivity index (χ0v) is 17.7. The molecule has 5 atom stereocenters. The molecule has 1 aliphatic carbocycles. The third-order valence-electron chi connectivity index (χ3n) is 7.08. The van der Waals surface area contributed by atoms with Gasteiger partial charge in [-0.15, -0.1) is 11.8 Å². The number of aliphatic carboxylic acids is 1. The van der Waals surface area contributed by atoms with Crippen LogP contribution >= 0.6 is 11.8 Å². The second kappa shape index (κ2) is 8.00. The van der Waals surface area contributed by atoms with Crippen LogP contribution in [0.25, 0.3) is 0 Å². The number of hydrogen-bond donors (Lipinski definition) is 2.